The van der Waals surface area contributed by atoms with Crippen molar-refractivity contribution in [3.63, 3.8) is 0 Å². The minimum Gasteiger partial charge on any atom is -0.496 e. The van der Waals surface area contributed by atoms with E-state index in [1.54, 1.807) is 37.5 Å². The van der Waals surface area contributed by atoms with Crippen LogP contribution in [0.2, 0.25) is 0 Å². The Morgan fingerprint density at radius 3 is 2.58 bits per heavy atom. The van der Waals surface area contributed by atoms with Gasteiger partial charge in [0.25, 0.3) is 0 Å². The molecule has 0 aliphatic carbocycles. The standard InChI is InChI=1S/C25H19BrO5/c1-15-11-19(30-14-20(27)16-7-9-18(26)10-8-16)13-22-24(15)25(28)23(31-22)12-17-5-3-4-6-21(17)29-2/h3-13H,14H2,1-2H3/b23-12-. The van der Waals surface area contributed by atoms with Crippen molar-refractivity contribution in [2.75, 3.05) is 13.7 Å². The van der Waals surface area contributed by atoms with E-state index in [-0.39, 0.29) is 23.9 Å². The van der Waals surface area contributed by atoms with Crippen LogP contribution >= 0.6 is 15.9 Å². The number of carbonyl (C=O) groups excluding carboxylic acids is 2. The molecule has 156 valence electrons. The number of benzene rings is 3. The Labute approximate surface area is 188 Å². The molecule has 4 rings (SSSR count). The van der Waals surface area contributed by atoms with Crippen molar-refractivity contribution in [1.29, 1.82) is 0 Å². The normalized spacial score (nSPS) is 13.6. The highest BCUT2D eigenvalue weighted by Crippen LogP contribution is 2.38. The smallest absolute Gasteiger partial charge is 0.232 e. The van der Waals surface area contributed by atoms with Gasteiger partial charge in [0.05, 0.1) is 12.7 Å². The molecular formula is C25H19BrO5. The summed E-state index contributed by atoms with van der Waals surface area (Å²) in [6, 6.07) is 17.8. The van der Waals surface area contributed by atoms with Crippen LogP contribution in [0.3, 0.4) is 0 Å². The molecule has 0 unspecified atom stereocenters. The van der Waals surface area contributed by atoms with Crippen molar-refractivity contribution in [1.82, 2.24) is 0 Å². The molecule has 31 heavy (non-hydrogen) atoms. The van der Waals surface area contributed by atoms with E-state index in [0.717, 1.165) is 15.6 Å². The van der Waals surface area contributed by atoms with Crippen molar-refractivity contribution >= 4 is 33.6 Å². The third-order valence-corrected chi connectivity index (χ3v) is 5.43. The van der Waals surface area contributed by atoms with E-state index in [1.165, 1.54) is 0 Å². The number of para-hydroxylation sites is 1. The summed E-state index contributed by atoms with van der Waals surface area (Å²) in [5.74, 6) is 1.40. The van der Waals surface area contributed by atoms with E-state index in [2.05, 4.69) is 15.9 Å². The summed E-state index contributed by atoms with van der Waals surface area (Å²) in [5.41, 5.74) is 2.52. The largest absolute Gasteiger partial charge is 0.496 e. The van der Waals surface area contributed by atoms with E-state index < -0.39 is 0 Å². The number of rotatable bonds is 6. The van der Waals surface area contributed by atoms with Crippen LogP contribution in [0.1, 0.15) is 31.8 Å². The van der Waals surface area contributed by atoms with E-state index in [9.17, 15) is 9.59 Å². The maximum Gasteiger partial charge on any atom is 0.232 e. The molecule has 1 aliphatic rings. The molecule has 0 fully saturated rings. The fraction of sp³-hybridized carbons (Fsp3) is 0.120. The lowest BCUT2D eigenvalue weighted by Gasteiger charge is -2.09. The predicted octanol–water partition coefficient (Wildman–Crippen LogP) is 5.64. The summed E-state index contributed by atoms with van der Waals surface area (Å²) in [4.78, 5) is 25.2. The summed E-state index contributed by atoms with van der Waals surface area (Å²) in [7, 11) is 1.58. The zero-order valence-corrected chi connectivity index (χ0v) is 18.6. The number of methoxy groups -OCH3 is 1. The third-order valence-electron chi connectivity index (χ3n) is 4.91. The molecule has 0 amide bonds. The second kappa shape index (κ2) is 8.78. The Hall–Kier alpha value is -3.38. The van der Waals surface area contributed by atoms with Gasteiger partial charge in [-0.1, -0.05) is 46.3 Å². The highest BCUT2D eigenvalue weighted by atomic mass is 79.9. The maximum atomic E-state index is 12.9. The van der Waals surface area contributed by atoms with Crippen LogP contribution in [0, 0.1) is 6.92 Å². The second-order valence-electron chi connectivity index (χ2n) is 7.01. The van der Waals surface area contributed by atoms with Gasteiger partial charge in [0.15, 0.2) is 18.1 Å². The summed E-state index contributed by atoms with van der Waals surface area (Å²) in [6.45, 7) is 1.70. The molecule has 0 atom stereocenters. The number of Topliss-reactive ketones (excluding diaryl/α,β-unsaturated/α-hetero) is 2. The molecule has 0 N–H and O–H groups in total. The molecule has 0 saturated heterocycles. The molecule has 1 aliphatic heterocycles. The van der Waals surface area contributed by atoms with Crippen LogP contribution in [0.25, 0.3) is 6.08 Å². The summed E-state index contributed by atoms with van der Waals surface area (Å²) in [6.07, 6.45) is 1.66. The monoisotopic (exact) mass is 478 g/mol. The number of carbonyl (C=O) groups is 2. The van der Waals surface area contributed by atoms with Crippen molar-refractivity contribution in [3.8, 4) is 17.2 Å². The zero-order valence-electron chi connectivity index (χ0n) is 17.0. The molecule has 3 aromatic carbocycles. The summed E-state index contributed by atoms with van der Waals surface area (Å²) < 4.78 is 17.8. The number of hydrogen-bond acceptors (Lipinski definition) is 5. The first-order valence-electron chi connectivity index (χ1n) is 9.59. The molecule has 0 bridgehead atoms. The third kappa shape index (κ3) is 4.39. The van der Waals surface area contributed by atoms with Gasteiger partial charge in [-0.05, 0) is 42.8 Å². The van der Waals surface area contributed by atoms with Gasteiger partial charge in [0, 0.05) is 21.7 Å². The number of allylic oxidation sites excluding steroid dienone is 1. The molecular weight excluding hydrogens is 460 g/mol. The van der Waals surface area contributed by atoms with E-state index in [4.69, 9.17) is 14.2 Å². The van der Waals surface area contributed by atoms with Gasteiger partial charge in [0.2, 0.25) is 5.78 Å². The average molecular weight is 479 g/mol. The highest BCUT2D eigenvalue weighted by Gasteiger charge is 2.30. The van der Waals surface area contributed by atoms with Crippen molar-refractivity contribution in [2.45, 2.75) is 6.92 Å². The molecule has 6 heteroatoms. The number of ether oxygens (including phenoxy) is 3. The number of aryl methyl sites for hydroxylation is 1. The quantitative estimate of drug-likeness (QED) is 0.338. The Kier molecular flexibility index (Phi) is 5.91. The molecule has 1 heterocycles. The number of fused-ring (bicyclic) bond motifs is 1. The molecule has 3 aromatic rings. The van der Waals surface area contributed by atoms with Crippen LogP contribution in [-0.4, -0.2) is 25.3 Å². The maximum absolute atomic E-state index is 12.9. The number of halogens is 1. The fourth-order valence-electron chi connectivity index (χ4n) is 3.36. The minimum atomic E-state index is -0.198. The fourth-order valence-corrected chi connectivity index (χ4v) is 3.62. The van der Waals surface area contributed by atoms with Crippen LogP contribution in [0.4, 0.5) is 0 Å². The van der Waals surface area contributed by atoms with Gasteiger partial charge in [-0.3, -0.25) is 9.59 Å². The highest BCUT2D eigenvalue weighted by molar-refractivity contribution is 9.10. The summed E-state index contributed by atoms with van der Waals surface area (Å²) >= 11 is 3.35. The van der Waals surface area contributed by atoms with Gasteiger partial charge in [-0.15, -0.1) is 0 Å². The molecule has 0 aromatic heterocycles. The van der Waals surface area contributed by atoms with Gasteiger partial charge in [0.1, 0.15) is 17.2 Å². The Morgan fingerprint density at radius 2 is 1.84 bits per heavy atom. The molecule has 5 nitrogen and oxygen atoms in total. The van der Waals surface area contributed by atoms with Gasteiger partial charge < -0.3 is 14.2 Å². The summed E-state index contributed by atoms with van der Waals surface area (Å²) in [5, 5.41) is 0. The SMILES string of the molecule is COc1ccccc1/C=C1\Oc2cc(OCC(=O)c3ccc(Br)cc3)cc(C)c2C1=O. The van der Waals surface area contributed by atoms with Crippen molar-refractivity contribution < 1.29 is 23.8 Å². The Morgan fingerprint density at radius 1 is 1.10 bits per heavy atom. The van der Waals surface area contributed by atoms with Gasteiger partial charge >= 0.3 is 0 Å². The van der Waals surface area contributed by atoms with E-state index in [1.807, 2.05) is 43.3 Å². The molecule has 0 spiro atoms. The van der Waals surface area contributed by atoms with E-state index in [0.29, 0.717) is 28.4 Å². The molecule has 0 saturated carbocycles. The minimum absolute atomic E-state index is 0.113. The van der Waals surface area contributed by atoms with Crippen LogP contribution in [-0.2, 0) is 0 Å². The van der Waals surface area contributed by atoms with Crippen molar-refractivity contribution in [3.05, 3.63) is 93.1 Å². The lowest BCUT2D eigenvalue weighted by Crippen LogP contribution is -2.11. The van der Waals surface area contributed by atoms with Gasteiger partial charge in [-0.25, -0.2) is 0 Å². The van der Waals surface area contributed by atoms with Crippen LogP contribution < -0.4 is 14.2 Å². The topological polar surface area (TPSA) is 61.8 Å². The lowest BCUT2D eigenvalue weighted by atomic mass is 10.0. The first kappa shape index (κ1) is 20.9. The zero-order chi connectivity index (χ0) is 22.0. The van der Waals surface area contributed by atoms with Gasteiger partial charge in [-0.2, -0.15) is 0 Å². The van der Waals surface area contributed by atoms with E-state index >= 15 is 0 Å². The first-order valence-corrected chi connectivity index (χ1v) is 10.4. The predicted molar refractivity (Wildman–Crippen MR) is 121 cm³/mol. The Balaban J connectivity index is 1.54. The first-order chi connectivity index (χ1) is 15.0. The average Bonchev–Trinajstić information content (AvgIpc) is 3.08. The second-order valence-corrected chi connectivity index (χ2v) is 7.93. The lowest BCUT2D eigenvalue weighted by molar-refractivity contribution is 0.0920. The van der Waals surface area contributed by atoms with Crippen molar-refractivity contribution in [2.24, 2.45) is 0 Å². The molecule has 0 radical (unpaired) electrons. The van der Waals surface area contributed by atoms with Crippen LogP contribution in [0.15, 0.2) is 70.9 Å². The Bertz CT molecular complexity index is 1200. The number of hydrogen-bond donors (Lipinski definition) is 0. The van der Waals surface area contributed by atoms with Crippen LogP contribution in [0.5, 0.6) is 17.2 Å². The number of ketones is 2.